The van der Waals surface area contributed by atoms with Gasteiger partial charge in [-0.05, 0) is 48.5 Å². The van der Waals surface area contributed by atoms with Gasteiger partial charge in [0.15, 0.2) is 0 Å². The van der Waals surface area contributed by atoms with E-state index in [1.165, 1.54) is 24.3 Å². The number of halogens is 7. The summed E-state index contributed by atoms with van der Waals surface area (Å²) in [5, 5.41) is 9.75. The van der Waals surface area contributed by atoms with E-state index in [1.54, 1.807) is 29.0 Å². The lowest BCUT2D eigenvalue weighted by Gasteiger charge is -2.18. The number of carbonyl (C=O) groups is 1. The topological polar surface area (TPSA) is 60.7 Å². The number of carboxylic acid groups (broad SMARTS) is 1. The smallest absolute Gasteiger partial charge is 0.489 e. The van der Waals surface area contributed by atoms with Gasteiger partial charge in [-0.3, -0.25) is 0 Å². The SMILES string of the molecule is O=C(O)Oc1cccc2c1ccn2Cc1cc(Cl)ccc1OCc1ccc(C(F)(F)F)cc1C(F)(F)F. The summed E-state index contributed by atoms with van der Waals surface area (Å²) in [6.45, 7) is -0.514. The minimum Gasteiger partial charge on any atom is -0.489 e. The van der Waals surface area contributed by atoms with E-state index < -0.39 is 41.8 Å². The number of nitrogens with zero attached hydrogens (tertiary/aromatic N) is 1. The van der Waals surface area contributed by atoms with E-state index in [2.05, 4.69) is 0 Å². The molecule has 0 fully saturated rings. The van der Waals surface area contributed by atoms with Gasteiger partial charge in [-0.1, -0.05) is 23.7 Å². The van der Waals surface area contributed by atoms with Gasteiger partial charge in [0.25, 0.3) is 0 Å². The largest absolute Gasteiger partial charge is 0.511 e. The Morgan fingerprint density at radius 1 is 0.892 bits per heavy atom. The average molecular weight is 544 g/mol. The molecule has 37 heavy (non-hydrogen) atoms. The molecule has 0 saturated heterocycles. The molecule has 0 atom stereocenters. The van der Waals surface area contributed by atoms with E-state index in [4.69, 9.17) is 26.2 Å². The van der Waals surface area contributed by atoms with Crippen molar-refractivity contribution in [2.75, 3.05) is 0 Å². The maximum Gasteiger partial charge on any atom is 0.511 e. The van der Waals surface area contributed by atoms with Gasteiger partial charge >= 0.3 is 18.5 Å². The fourth-order valence-electron chi connectivity index (χ4n) is 3.81. The molecule has 0 aliphatic rings. The van der Waals surface area contributed by atoms with Crippen molar-refractivity contribution in [1.29, 1.82) is 0 Å². The van der Waals surface area contributed by atoms with Crippen LogP contribution < -0.4 is 9.47 Å². The van der Waals surface area contributed by atoms with Crippen LogP contribution in [0.3, 0.4) is 0 Å². The zero-order valence-corrected chi connectivity index (χ0v) is 19.3. The van der Waals surface area contributed by atoms with Gasteiger partial charge in [-0.15, -0.1) is 0 Å². The van der Waals surface area contributed by atoms with Crippen LogP contribution in [0, 0.1) is 0 Å². The lowest BCUT2D eigenvalue weighted by Crippen LogP contribution is -2.15. The molecule has 1 N–H and O–H groups in total. The molecule has 4 rings (SSSR count). The van der Waals surface area contributed by atoms with Gasteiger partial charge < -0.3 is 19.1 Å². The molecular weight excluding hydrogens is 528 g/mol. The second kappa shape index (κ2) is 9.89. The zero-order chi connectivity index (χ0) is 27.0. The van der Waals surface area contributed by atoms with Gasteiger partial charge in [0.2, 0.25) is 0 Å². The standard InChI is InChI=1S/C25H16ClF6NO4/c26-17-6-7-21(36-13-14-4-5-16(24(27,28)29)11-19(14)25(30,31)32)15(10-17)12-33-9-8-18-20(33)2-1-3-22(18)37-23(34)35/h1-11H,12-13H2,(H,34,35). The van der Waals surface area contributed by atoms with Crippen molar-refractivity contribution in [3.8, 4) is 11.5 Å². The first-order valence-corrected chi connectivity index (χ1v) is 10.9. The summed E-state index contributed by atoms with van der Waals surface area (Å²) in [5.41, 5.74) is -2.26. The summed E-state index contributed by atoms with van der Waals surface area (Å²) in [4.78, 5) is 10.9. The van der Waals surface area contributed by atoms with E-state index in [-0.39, 0.29) is 24.1 Å². The summed E-state index contributed by atoms with van der Waals surface area (Å²) in [5.74, 6) is 0.283. The third-order valence-electron chi connectivity index (χ3n) is 5.46. The summed E-state index contributed by atoms with van der Waals surface area (Å²) in [6, 6.07) is 12.2. The minimum atomic E-state index is -5.03. The van der Waals surface area contributed by atoms with Gasteiger partial charge in [-0.25, -0.2) is 4.79 Å². The Morgan fingerprint density at radius 3 is 2.32 bits per heavy atom. The molecule has 0 radical (unpaired) electrons. The summed E-state index contributed by atoms with van der Waals surface area (Å²) in [6.07, 6.45) is -9.78. The number of aromatic nitrogens is 1. The van der Waals surface area contributed by atoms with Gasteiger partial charge in [0.05, 0.1) is 23.2 Å². The molecule has 12 heteroatoms. The molecule has 0 amide bonds. The molecule has 194 valence electrons. The number of fused-ring (bicyclic) bond motifs is 1. The Morgan fingerprint density at radius 2 is 1.65 bits per heavy atom. The number of ether oxygens (including phenoxy) is 2. The molecular formula is C25H16ClF6NO4. The van der Waals surface area contributed by atoms with Crippen LogP contribution in [0.2, 0.25) is 5.02 Å². The highest BCUT2D eigenvalue weighted by Gasteiger charge is 2.38. The fraction of sp³-hybridized carbons (Fsp3) is 0.160. The predicted octanol–water partition coefficient (Wildman–Crippen LogP) is 8.02. The highest BCUT2D eigenvalue weighted by Crippen LogP contribution is 2.38. The second-order valence-electron chi connectivity index (χ2n) is 7.91. The molecule has 0 aliphatic heterocycles. The number of hydrogen-bond acceptors (Lipinski definition) is 3. The number of alkyl halides is 6. The molecule has 3 aromatic carbocycles. The molecule has 1 aromatic heterocycles. The van der Waals surface area contributed by atoms with Gasteiger partial charge in [0, 0.05) is 27.7 Å². The third kappa shape index (κ3) is 5.93. The van der Waals surface area contributed by atoms with Crippen LogP contribution in [0.25, 0.3) is 10.9 Å². The lowest BCUT2D eigenvalue weighted by molar-refractivity contribution is -0.143. The van der Waals surface area contributed by atoms with E-state index in [9.17, 15) is 31.1 Å². The molecule has 0 spiro atoms. The molecule has 0 unspecified atom stereocenters. The normalized spacial score (nSPS) is 12.1. The van der Waals surface area contributed by atoms with Crippen LogP contribution in [0.5, 0.6) is 11.5 Å². The van der Waals surface area contributed by atoms with Gasteiger partial charge in [0.1, 0.15) is 18.1 Å². The maximum atomic E-state index is 13.5. The number of benzene rings is 3. The van der Waals surface area contributed by atoms with Crippen molar-refractivity contribution >= 4 is 28.7 Å². The Kier molecular flexibility index (Phi) is 7.00. The van der Waals surface area contributed by atoms with E-state index >= 15 is 0 Å². The van der Waals surface area contributed by atoms with Crippen LogP contribution in [0.15, 0.2) is 66.9 Å². The van der Waals surface area contributed by atoms with Crippen LogP contribution in [0.1, 0.15) is 22.3 Å². The Balaban J connectivity index is 1.64. The van der Waals surface area contributed by atoms with Crippen molar-refractivity contribution < 1.29 is 45.7 Å². The third-order valence-corrected chi connectivity index (χ3v) is 5.70. The second-order valence-corrected chi connectivity index (χ2v) is 8.35. The monoisotopic (exact) mass is 543 g/mol. The number of rotatable bonds is 6. The minimum absolute atomic E-state index is 0.0597. The van der Waals surface area contributed by atoms with Crippen LogP contribution in [0.4, 0.5) is 31.1 Å². The first-order valence-electron chi connectivity index (χ1n) is 10.5. The highest BCUT2D eigenvalue weighted by atomic mass is 35.5. The lowest BCUT2D eigenvalue weighted by atomic mass is 10.0. The van der Waals surface area contributed by atoms with Crippen molar-refractivity contribution in [1.82, 2.24) is 4.57 Å². The first-order chi connectivity index (χ1) is 17.3. The van der Waals surface area contributed by atoms with E-state index in [0.717, 1.165) is 6.07 Å². The Bertz CT molecular complexity index is 1460. The van der Waals surface area contributed by atoms with Crippen molar-refractivity contribution in [2.45, 2.75) is 25.5 Å². The Hall–Kier alpha value is -3.86. The number of hydrogen-bond donors (Lipinski definition) is 1. The fourth-order valence-corrected chi connectivity index (χ4v) is 4.00. The van der Waals surface area contributed by atoms with Crippen LogP contribution in [-0.4, -0.2) is 15.8 Å². The van der Waals surface area contributed by atoms with Gasteiger partial charge in [-0.2, -0.15) is 26.3 Å². The summed E-state index contributed by atoms with van der Waals surface area (Å²) in [7, 11) is 0. The first kappa shape index (κ1) is 26.2. The van der Waals surface area contributed by atoms with E-state index in [0.29, 0.717) is 27.6 Å². The van der Waals surface area contributed by atoms with Crippen molar-refractivity contribution in [3.63, 3.8) is 0 Å². The Labute approximate surface area is 210 Å². The predicted molar refractivity (Wildman–Crippen MR) is 122 cm³/mol. The highest BCUT2D eigenvalue weighted by molar-refractivity contribution is 6.30. The molecule has 0 bridgehead atoms. The molecule has 0 saturated carbocycles. The molecule has 0 aliphatic carbocycles. The van der Waals surface area contributed by atoms with Crippen molar-refractivity contribution in [2.24, 2.45) is 0 Å². The van der Waals surface area contributed by atoms with Crippen LogP contribution >= 0.6 is 11.6 Å². The molecule has 1 heterocycles. The molecule has 5 nitrogen and oxygen atoms in total. The summed E-state index contributed by atoms with van der Waals surface area (Å²) < 4.78 is 91.5. The summed E-state index contributed by atoms with van der Waals surface area (Å²) >= 11 is 6.11. The van der Waals surface area contributed by atoms with E-state index in [1.807, 2.05) is 0 Å². The maximum absolute atomic E-state index is 13.5. The van der Waals surface area contributed by atoms with Crippen LogP contribution in [-0.2, 0) is 25.5 Å². The molecule has 4 aromatic rings. The quantitative estimate of drug-likeness (QED) is 0.152. The zero-order valence-electron chi connectivity index (χ0n) is 18.5. The average Bonchev–Trinajstić information content (AvgIpc) is 3.21. The van der Waals surface area contributed by atoms with Crippen molar-refractivity contribution in [3.05, 3.63) is 94.1 Å².